The van der Waals surface area contributed by atoms with Crippen LogP contribution in [0.5, 0.6) is 0 Å². The summed E-state index contributed by atoms with van der Waals surface area (Å²) in [6.07, 6.45) is -0.0821. The third-order valence-electron chi connectivity index (χ3n) is 4.36. The second kappa shape index (κ2) is 10.9. The van der Waals surface area contributed by atoms with E-state index in [0.717, 1.165) is 36.1 Å². The zero-order valence-corrected chi connectivity index (χ0v) is 18.6. The smallest absolute Gasteiger partial charge is 0.271 e. The normalized spacial score (nSPS) is 14.6. The number of halogens is 2. The number of hydrogen-bond acceptors (Lipinski definition) is 7. The molecule has 0 aliphatic heterocycles. The monoisotopic (exact) mass is 477 g/mol. The lowest BCUT2D eigenvalue weighted by molar-refractivity contribution is -0.00819. The number of benzene rings is 1. The van der Waals surface area contributed by atoms with Crippen LogP contribution in [0.1, 0.15) is 42.2 Å². The number of amides is 1. The summed E-state index contributed by atoms with van der Waals surface area (Å²) in [5.74, 6) is -2.35. The molecule has 0 saturated carbocycles. The number of thiazole rings is 1. The lowest BCUT2D eigenvalue weighted by Crippen LogP contribution is -2.50. The van der Waals surface area contributed by atoms with Crippen LogP contribution in [-0.4, -0.2) is 54.0 Å². The second-order valence-corrected chi connectivity index (χ2v) is 9.78. The molecule has 1 aromatic carbocycles. The van der Waals surface area contributed by atoms with Gasteiger partial charge in [0.2, 0.25) is 10.0 Å². The summed E-state index contributed by atoms with van der Waals surface area (Å²) in [7, 11) is -3.57. The van der Waals surface area contributed by atoms with E-state index < -0.39 is 45.8 Å². The van der Waals surface area contributed by atoms with Crippen molar-refractivity contribution in [3.05, 3.63) is 46.5 Å². The van der Waals surface area contributed by atoms with Gasteiger partial charge in [-0.1, -0.05) is 19.8 Å². The number of hydrogen-bond donors (Lipinski definition) is 4. The third kappa shape index (κ3) is 8.13. The van der Waals surface area contributed by atoms with E-state index in [1.54, 1.807) is 0 Å². The third-order valence-corrected chi connectivity index (χ3v) is 5.81. The van der Waals surface area contributed by atoms with Gasteiger partial charge in [0.05, 0.1) is 18.4 Å². The van der Waals surface area contributed by atoms with Gasteiger partial charge in [0.25, 0.3) is 5.91 Å². The lowest BCUT2D eigenvalue weighted by Gasteiger charge is -2.28. The number of nitrogens with one attached hydrogen (secondary N) is 2. The van der Waals surface area contributed by atoms with E-state index >= 15 is 0 Å². The van der Waals surface area contributed by atoms with Crippen LogP contribution in [0.3, 0.4) is 0 Å². The van der Waals surface area contributed by atoms with Crippen molar-refractivity contribution < 1.29 is 32.2 Å². The van der Waals surface area contributed by atoms with E-state index in [-0.39, 0.29) is 29.2 Å². The molecule has 1 heterocycles. The molecule has 0 aliphatic rings. The molecule has 172 valence electrons. The predicted molar refractivity (Wildman–Crippen MR) is 113 cm³/mol. The molecule has 0 fully saturated rings. The summed E-state index contributed by atoms with van der Waals surface area (Å²) in [6.45, 7) is 1.91. The highest BCUT2D eigenvalue weighted by Crippen LogP contribution is 2.19. The van der Waals surface area contributed by atoms with Crippen molar-refractivity contribution in [2.24, 2.45) is 0 Å². The quantitative estimate of drug-likeness (QED) is 0.392. The fraction of sp³-hybridized carbons (Fsp3) is 0.474. The Hall–Kier alpha value is -2.15. The highest BCUT2D eigenvalue weighted by molar-refractivity contribution is 7.92. The van der Waals surface area contributed by atoms with Crippen LogP contribution in [-0.2, 0) is 16.4 Å². The topological polar surface area (TPSA) is 129 Å². The van der Waals surface area contributed by atoms with Crippen molar-refractivity contribution in [2.75, 3.05) is 11.0 Å². The van der Waals surface area contributed by atoms with E-state index in [4.69, 9.17) is 0 Å². The van der Waals surface area contributed by atoms with Crippen LogP contribution in [0.2, 0.25) is 0 Å². The van der Waals surface area contributed by atoms with Crippen LogP contribution in [0.15, 0.2) is 23.6 Å². The van der Waals surface area contributed by atoms with Crippen molar-refractivity contribution in [3.63, 3.8) is 0 Å². The van der Waals surface area contributed by atoms with Crippen LogP contribution in [0.4, 0.5) is 13.9 Å². The summed E-state index contributed by atoms with van der Waals surface area (Å²) >= 11 is 0.892. The number of unbranched alkanes of at least 4 members (excludes halogenated alkanes) is 1. The first-order chi connectivity index (χ1) is 14.5. The Bertz CT molecular complexity index is 980. The van der Waals surface area contributed by atoms with E-state index in [9.17, 15) is 32.2 Å². The molecule has 0 aliphatic carbocycles. The molecule has 4 N–H and O–H groups in total. The SMILES string of the molecule is CCCCC(O)C(O)C(Cc1cc(F)cc(F)c1)NC(=O)c1csc(NS(C)(=O)=O)n1. The summed E-state index contributed by atoms with van der Waals surface area (Å²) in [4.78, 5) is 16.5. The lowest BCUT2D eigenvalue weighted by atomic mass is 9.95. The molecule has 2 aromatic rings. The van der Waals surface area contributed by atoms with Crippen molar-refractivity contribution in [1.29, 1.82) is 0 Å². The minimum Gasteiger partial charge on any atom is -0.390 e. The highest BCUT2D eigenvalue weighted by atomic mass is 32.2. The fourth-order valence-electron chi connectivity index (χ4n) is 2.92. The molecule has 1 aromatic heterocycles. The molecule has 12 heteroatoms. The van der Waals surface area contributed by atoms with Gasteiger partial charge in [-0.25, -0.2) is 22.2 Å². The molecule has 31 heavy (non-hydrogen) atoms. The number of anilines is 1. The number of sulfonamides is 1. The first-order valence-electron chi connectivity index (χ1n) is 9.53. The number of rotatable bonds is 11. The molecular weight excluding hydrogens is 452 g/mol. The van der Waals surface area contributed by atoms with Gasteiger partial charge in [0.15, 0.2) is 5.13 Å². The van der Waals surface area contributed by atoms with Crippen molar-refractivity contribution in [2.45, 2.75) is 50.9 Å². The average Bonchev–Trinajstić information content (AvgIpc) is 3.10. The molecule has 2 rings (SSSR count). The summed E-state index contributed by atoms with van der Waals surface area (Å²) in [6, 6.07) is 1.78. The fourth-order valence-corrected chi connectivity index (χ4v) is 4.46. The number of nitrogens with zero attached hydrogens (tertiary/aromatic N) is 1. The Morgan fingerprint density at radius 3 is 2.45 bits per heavy atom. The van der Waals surface area contributed by atoms with E-state index in [2.05, 4.69) is 15.0 Å². The average molecular weight is 478 g/mol. The second-order valence-electron chi connectivity index (χ2n) is 7.17. The molecule has 0 radical (unpaired) electrons. The predicted octanol–water partition coefficient (Wildman–Crippen LogP) is 2.05. The molecule has 3 atom stereocenters. The van der Waals surface area contributed by atoms with Crippen molar-refractivity contribution >= 4 is 32.4 Å². The Kier molecular flexibility index (Phi) is 8.86. The molecule has 8 nitrogen and oxygen atoms in total. The summed E-state index contributed by atoms with van der Waals surface area (Å²) < 4.78 is 51.9. The molecule has 0 bridgehead atoms. The summed E-state index contributed by atoms with van der Waals surface area (Å²) in [5.41, 5.74) is 0.0732. The Morgan fingerprint density at radius 1 is 1.23 bits per heavy atom. The zero-order valence-electron chi connectivity index (χ0n) is 17.0. The minimum absolute atomic E-state index is 0.0140. The number of aliphatic hydroxyl groups is 2. The maximum Gasteiger partial charge on any atom is 0.271 e. The molecule has 3 unspecified atom stereocenters. The number of aromatic nitrogens is 1. The highest BCUT2D eigenvalue weighted by Gasteiger charge is 2.29. The Balaban J connectivity index is 2.21. The van der Waals surface area contributed by atoms with E-state index in [1.807, 2.05) is 6.92 Å². The summed E-state index contributed by atoms with van der Waals surface area (Å²) in [5, 5.41) is 24.7. The van der Waals surface area contributed by atoms with Gasteiger partial charge in [-0.3, -0.25) is 9.52 Å². The Labute approximate surface area is 183 Å². The minimum atomic E-state index is -3.57. The molecule has 0 spiro atoms. The van der Waals surface area contributed by atoms with Gasteiger partial charge in [0, 0.05) is 11.4 Å². The van der Waals surface area contributed by atoms with Gasteiger partial charge >= 0.3 is 0 Å². The van der Waals surface area contributed by atoms with Crippen LogP contribution >= 0.6 is 11.3 Å². The maximum absolute atomic E-state index is 13.6. The molecule has 1 amide bonds. The van der Waals surface area contributed by atoms with Crippen LogP contribution in [0.25, 0.3) is 0 Å². The Morgan fingerprint density at radius 2 is 1.87 bits per heavy atom. The van der Waals surface area contributed by atoms with Gasteiger partial charge in [-0.15, -0.1) is 11.3 Å². The number of aliphatic hydroxyl groups excluding tert-OH is 2. The van der Waals surface area contributed by atoms with E-state index in [0.29, 0.717) is 12.5 Å². The van der Waals surface area contributed by atoms with Crippen LogP contribution in [0, 0.1) is 11.6 Å². The van der Waals surface area contributed by atoms with Gasteiger partial charge in [-0.05, 0) is 30.5 Å². The molecule has 0 saturated heterocycles. The van der Waals surface area contributed by atoms with Gasteiger partial charge in [-0.2, -0.15) is 0 Å². The van der Waals surface area contributed by atoms with Crippen LogP contribution < -0.4 is 10.0 Å². The van der Waals surface area contributed by atoms with E-state index in [1.165, 1.54) is 5.38 Å². The van der Waals surface area contributed by atoms with Crippen molar-refractivity contribution in [3.8, 4) is 0 Å². The number of carbonyl (C=O) groups is 1. The van der Waals surface area contributed by atoms with Gasteiger partial charge < -0.3 is 15.5 Å². The zero-order chi connectivity index (χ0) is 23.2. The first-order valence-corrected chi connectivity index (χ1v) is 12.3. The first kappa shape index (κ1) is 25.1. The molecular formula is C19H25F2N3O5S2. The van der Waals surface area contributed by atoms with Gasteiger partial charge in [0.1, 0.15) is 23.4 Å². The largest absolute Gasteiger partial charge is 0.390 e. The van der Waals surface area contributed by atoms with Crippen molar-refractivity contribution in [1.82, 2.24) is 10.3 Å². The standard InChI is InChI=1S/C19H25F2N3O5S2/c1-3-4-5-16(25)17(26)14(8-11-6-12(20)9-13(21)7-11)22-18(27)15-10-30-19(23-15)24-31(2,28)29/h6-7,9-10,14,16-17,25-26H,3-5,8H2,1-2H3,(H,22,27)(H,23,24). The maximum atomic E-state index is 13.6. The number of carbonyl (C=O) groups excluding carboxylic acids is 1.